The van der Waals surface area contributed by atoms with Crippen molar-refractivity contribution in [3.8, 4) is 0 Å². The molecule has 22 heavy (non-hydrogen) atoms. The van der Waals surface area contributed by atoms with E-state index in [-0.39, 0.29) is 18.6 Å². The van der Waals surface area contributed by atoms with Gasteiger partial charge in [0.1, 0.15) is 0 Å². The van der Waals surface area contributed by atoms with Gasteiger partial charge in [0.15, 0.2) is 0 Å². The quantitative estimate of drug-likeness (QED) is 0.826. The predicted octanol–water partition coefficient (Wildman–Crippen LogP) is 0.455. The van der Waals surface area contributed by atoms with Crippen molar-refractivity contribution in [3.63, 3.8) is 0 Å². The maximum Gasteiger partial charge on any atom is 0.252 e. The first-order valence-electron chi connectivity index (χ1n) is 7.66. The number of ether oxygens (including phenoxy) is 1. The van der Waals surface area contributed by atoms with Crippen LogP contribution in [0.15, 0.2) is 18.5 Å². The Morgan fingerprint density at radius 3 is 3.05 bits per heavy atom. The fourth-order valence-electron chi connectivity index (χ4n) is 2.64. The average Bonchev–Trinajstić information content (AvgIpc) is 2.56. The summed E-state index contributed by atoms with van der Waals surface area (Å²) in [5.41, 5.74) is 0.986. The number of aliphatic hydroxyl groups excluding tert-OH is 1. The van der Waals surface area contributed by atoms with Crippen LogP contribution in [0, 0.1) is 0 Å². The number of likely N-dealkylation sites (N-methyl/N-ethyl adjacent to an activating group) is 1. The number of aliphatic hydroxyl groups is 1. The Balaban J connectivity index is 2.05. The number of rotatable bonds is 5. The van der Waals surface area contributed by atoms with Gasteiger partial charge in [0.2, 0.25) is 0 Å². The van der Waals surface area contributed by atoms with Gasteiger partial charge in [-0.25, -0.2) is 0 Å². The van der Waals surface area contributed by atoms with E-state index in [1.165, 1.54) is 0 Å². The van der Waals surface area contributed by atoms with Crippen molar-refractivity contribution in [2.45, 2.75) is 31.8 Å². The fourth-order valence-corrected chi connectivity index (χ4v) is 2.64. The van der Waals surface area contributed by atoms with Crippen molar-refractivity contribution in [3.05, 3.63) is 29.6 Å². The summed E-state index contributed by atoms with van der Waals surface area (Å²) in [6.07, 6.45) is 4.16. The zero-order valence-corrected chi connectivity index (χ0v) is 13.5. The molecule has 0 spiro atoms. The van der Waals surface area contributed by atoms with Gasteiger partial charge in [-0.3, -0.25) is 14.7 Å². The third-order valence-electron chi connectivity index (χ3n) is 4.48. The second-order valence-electron chi connectivity index (χ2n) is 5.98. The van der Waals surface area contributed by atoms with E-state index in [0.29, 0.717) is 25.3 Å². The van der Waals surface area contributed by atoms with E-state index in [9.17, 15) is 9.90 Å². The molecule has 0 radical (unpaired) electrons. The van der Waals surface area contributed by atoms with Gasteiger partial charge in [-0.15, -0.1) is 0 Å². The van der Waals surface area contributed by atoms with Gasteiger partial charge in [0.05, 0.1) is 30.9 Å². The maximum absolute atomic E-state index is 12.3. The Hall–Kier alpha value is -1.50. The second-order valence-corrected chi connectivity index (χ2v) is 5.98. The number of morpholine rings is 1. The summed E-state index contributed by atoms with van der Waals surface area (Å²) in [5, 5.41) is 12.7. The Labute approximate surface area is 131 Å². The molecule has 0 saturated carbocycles. The lowest BCUT2D eigenvalue weighted by Gasteiger charge is -2.47. The zero-order chi connectivity index (χ0) is 16.2. The van der Waals surface area contributed by atoms with Crippen molar-refractivity contribution in [2.75, 3.05) is 33.4 Å². The van der Waals surface area contributed by atoms with Crippen LogP contribution < -0.4 is 5.32 Å². The minimum atomic E-state index is -0.580. The second kappa shape index (κ2) is 7.17. The van der Waals surface area contributed by atoms with Crippen LogP contribution >= 0.6 is 0 Å². The molecule has 0 aromatic carbocycles. The largest absolute Gasteiger partial charge is 0.394 e. The van der Waals surface area contributed by atoms with Crippen LogP contribution in [0.2, 0.25) is 0 Å². The Kier molecular flexibility index (Phi) is 5.50. The van der Waals surface area contributed by atoms with Crippen molar-refractivity contribution in [2.24, 2.45) is 0 Å². The highest BCUT2D eigenvalue weighted by Crippen LogP contribution is 2.21. The molecular formula is C16H25N3O3. The average molecular weight is 307 g/mol. The third kappa shape index (κ3) is 3.45. The number of nitrogens with one attached hydrogen (secondary N) is 1. The molecule has 1 amide bonds. The van der Waals surface area contributed by atoms with Gasteiger partial charge in [0, 0.05) is 25.0 Å². The highest BCUT2D eigenvalue weighted by atomic mass is 16.5. The number of hydrogen-bond acceptors (Lipinski definition) is 5. The van der Waals surface area contributed by atoms with Crippen molar-refractivity contribution < 1.29 is 14.6 Å². The van der Waals surface area contributed by atoms with Gasteiger partial charge < -0.3 is 15.2 Å². The van der Waals surface area contributed by atoms with Gasteiger partial charge >= 0.3 is 0 Å². The first-order valence-corrected chi connectivity index (χ1v) is 7.66. The van der Waals surface area contributed by atoms with E-state index in [2.05, 4.69) is 15.2 Å². The van der Waals surface area contributed by atoms with Gasteiger partial charge in [-0.1, -0.05) is 6.92 Å². The smallest absolute Gasteiger partial charge is 0.252 e. The molecule has 6 heteroatoms. The van der Waals surface area contributed by atoms with E-state index in [0.717, 1.165) is 12.0 Å². The lowest BCUT2D eigenvalue weighted by Crippen LogP contribution is -2.65. The standard InChI is InChI=1S/C16H25N3O3/c1-4-13-5-14(7-17-6-13)15(21)18-9-16(10-20)11-22-8-12(2)19(16)3/h5-7,12,20H,4,8-11H2,1-3H3,(H,18,21)/t12-,16+/m1/s1. The number of carbonyl (C=O) groups excluding carboxylic acids is 1. The molecule has 0 unspecified atom stereocenters. The van der Waals surface area contributed by atoms with Gasteiger partial charge in [-0.2, -0.15) is 0 Å². The number of pyridine rings is 1. The summed E-state index contributed by atoms with van der Waals surface area (Å²) in [7, 11) is 1.95. The Morgan fingerprint density at radius 1 is 1.59 bits per heavy atom. The number of hydrogen-bond donors (Lipinski definition) is 2. The summed E-state index contributed by atoms with van der Waals surface area (Å²) in [6, 6.07) is 2.04. The van der Waals surface area contributed by atoms with Gasteiger partial charge in [0.25, 0.3) is 5.91 Å². The molecule has 1 aliphatic heterocycles. The Morgan fingerprint density at radius 2 is 2.36 bits per heavy atom. The topological polar surface area (TPSA) is 74.7 Å². The molecule has 1 aromatic rings. The van der Waals surface area contributed by atoms with Crippen LogP contribution in [0.5, 0.6) is 0 Å². The monoisotopic (exact) mass is 307 g/mol. The third-order valence-corrected chi connectivity index (χ3v) is 4.48. The molecule has 0 bridgehead atoms. The molecule has 1 saturated heterocycles. The minimum absolute atomic E-state index is 0.0681. The summed E-state index contributed by atoms with van der Waals surface area (Å²) in [6.45, 7) is 5.36. The van der Waals surface area contributed by atoms with Crippen LogP contribution in [-0.4, -0.2) is 65.9 Å². The number of aryl methyl sites for hydroxylation is 1. The van der Waals surface area contributed by atoms with E-state index >= 15 is 0 Å². The molecule has 1 aliphatic rings. The number of nitrogens with zero attached hydrogens (tertiary/aromatic N) is 2. The molecule has 2 heterocycles. The van der Waals surface area contributed by atoms with Crippen molar-refractivity contribution in [1.82, 2.24) is 15.2 Å². The molecule has 2 atom stereocenters. The molecule has 1 fully saturated rings. The molecule has 122 valence electrons. The fraction of sp³-hybridized carbons (Fsp3) is 0.625. The Bertz CT molecular complexity index is 523. The summed E-state index contributed by atoms with van der Waals surface area (Å²) < 4.78 is 5.57. The minimum Gasteiger partial charge on any atom is -0.394 e. The maximum atomic E-state index is 12.3. The number of carbonyl (C=O) groups is 1. The lowest BCUT2D eigenvalue weighted by atomic mass is 9.96. The highest BCUT2D eigenvalue weighted by molar-refractivity contribution is 5.94. The van der Waals surface area contributed by atoms with Crippen LogP contribution in [-0.2, 0) is 11.2 Å². The first kappa shape index (κ1) is 16.9. The van der Waals surface area contributed by atoms with E-state index in [4.69, 9.17) is 4.74 Å². The summed E-state index contributed by atoms with van der Waals surface area (Å²) in [5.74, 6) is -0.178. The van der Waals surface area contributed by atoms with Crippen LogP contribution in [0.25, 0.3) is 0 Å². The predicted molar refractivity (Wildman–Crippen MR) is 83.8 cm³/mol. The summed E-state index contributed by atoms with van der Waals surface area (Å²) >= 11 is 0. The highest BCUT2D eigenvalue weighted by Gasteiger charge is 2.40. The van der Waals surface area contributed by atoms with Crippen molar-refractivity contribution in [1.29, 1.82) is 0 Å². The molecule has 2 rings (SSSR count). The van der Waals surface area contributed by atoms with E-state index in [1.807, 2.05) is 27.0 Å². The van der Waals surface area contributed by atoms with Crippen LogP contribution in [0.1, 0.15) is 29.8 Å². The summed E-state index contributed by atoms with van der Waals surface area (Å²) in [4.78, 5) is 18.5. The SMILES string of the molecule is CCc1cncc(C(=O)NC[C@]2(CO)COC[C@@H](C)N2C)c1. The molecule has 0 aliphatic carbocycles. The van der Waals surface area contributed by atoms with Gasteiger partial charge in [-0.05, 0) is 32.0 Å². The van der Waals surface area contributed by atoms with E-state index in [1.54, 1.807) is 12.4 Å². The van der Waals surface area contributed by atoms with Crippen LogP contribution in [0.4, 0.5) is 0 Å². The lowest BCUT2D eigenvalue weighted by molar-refractivity contribution is -0.105. The molecule has 2 N–H and O–H groups in total. The van der Waals surface area contributed by atoms with Crippen molar-refractivity contribution >= 4 is 5.91 Å². The molecular weight excluding hydrogens is 282 g/mol. The molecule has 6 nitrogen and oxygen atoms in total. The van der Waals surface area contributed by atoms with Crippen LogP contribution in [0.3, 0.4) is 0 Å². The first-order chi connectivity index (χ1) is 10.5. The molecule has 1 aromatic heterocycles. The van der Waals surface area contributed by atoms with E-state index < -0.39 is 5.54 Å². The normalized spacial score (nSPS) is 25.9. The zero-order valence-electron chi connectivity index (χ0n) is 13.5. The number of aromatic nitrogens is 1. The number of amides is 1.